The van der Waals surface area contributed by atoms with Crippen LogP contribution in [0.2, 0.25) is 0 Å². The van der Waals surface area contributed by atoms with Crippen molar-refractivity contribution < 1.29 is 4.79 Å². The highest BCUT2D eigenvalue weighted by Crippen LogP contribution is 2.33. The molecule has 0 radical (unpaired) electrons. The first-order chi connectivity index (χ1) is 8.27. The van der Waals surface area contributed by atoms with Gasteiger partial charge < -0.3 is 10.2 Å². The Morgan fingerprint density at radius 2 is 1.76 bits per heavy atom. The van der Waals surface area contributed by atoms with Crippen molar-refractivity contribution in [2.24, 2.45) is 0 Å². The van der Waals surface area contributed by atoms with Gasteiger partial charge in [-0.05, 0) is 19.9 Å². The average molecular weight is 239 g/mol. The second kappa shape index (κ2) is 5.83. The lowest BCUT2D eigenvalue weighted by Crippen LogP contribution is -2.61. The van der Waals surface area contributed by atoms with E-state index in [1.807, 2.05) is 0 Å². The van der Waals surface area contributed by atoms with Crippen molar-refractivity contribution in [2.75, 3.05) is 39.8 Å². The smallest absolute Gasteiger partial charge is 0.207 e. The standard InChI is InChI=1S/C13H25N3O/c1-15-7-9-16(10-8-15)13(11-14-12-17)5-3-2-4-6-13/h12H,2-11H2,1H3,(H,14,17). The maximum atomic E-state index is 10.6. The fraction of sp³-hybridized carbons (Fsp3) is 0.923. The molecule has 1 saturated carbocycles. The molecule has 0 spiro atoms. The molecule has 2 rings (SSSR count). The third-order valence-electron chi connectivity index (χ3n) is 4.47. The summed E-state index contributed by atoms with van der Waals surface area (Å²) < 4.78 is 0. The molecule has 98 valence electrons. The Labute approximate surface area is 104 Å². The first-order valence-corrected chi connectivity index (χ1v) is 6.87. The van der Waals surface area contributed by atoms with Gasteiger partial charge in [-0.1, -0.05) is 19.3 Å². The van der Waals surface area contributed by atoms with E-state index in [-0.39, 0.29) is 5.54 Å². The molecule has 0 bridgehead atoms. The summed E-state index contributed by atoms with van der Waals surface area (Å²) in [5.74, 6) is 0. The lowest BCUT2D eigenvalue weighted by molar-refractivity contribution is -0.110. The van der Waals surface area contributed by atoms with Crippen molar-refractivity contribution in [3.63, 3.8) is 0 Å². The summed E-state index contributed by atoms with van der Waals surface area (Å²) in [5, 5.41) is 2.93. The Morgan fingerprint density at radius 1 is 1.12 bits per heavy atom. The van der Waals surface area contributed by atoms with Crippen molar-refractivity contribution in [1.29, 1.82) is 0 Å². The molecule has 1 aliphatic heterocycles. The van der Waals surface area contributed by atoms with Crippen LogP contribution in [0.5, 0.6) is 0 Å². The molecule has 1 saturated heterocycles. The van der Waals surface area contributed by atoms with Crippen LogP contribution in [0.25, 0.3) is 0 Å². The highest BCUT2D eigenvalue weighted by Gasteiger charge is 2.38. The van der Waals surface area contributed by atoms with E-state index in [2.05, 4.69) is 22.2 Å². The van der Waals surface area contributed by atoms with Crippen LogP contribution in [-0.4, -0.2) is 61.5 Å². The lowest BCUT2D eigenvalue weighted by Gasteiger charge is -2.49. The van der Waals surface area contributed by atoms with Crippen molar-refractivity contribution in [3.05, 3.63) is 0 Å². The van der Waals surface area contributed by atoms with Crippen LogP contribution >= 0.6 is 0 Å². The van der Waals surface area contributed by atoms with Crippen molar-refractivity contribution in [1.82, 2.24) is 15.1 Å². The third-order valence-corrected chi connectivity index (χ3v) is 4.47. The molecule has 0 unspecified atom stereocenters. The highest BCUT2D eigenvalue weighted by molar-refractivity contribution is 5.46. The van der Waals surface area contributed by atoms with E-state index in [1.165, 1.54) is 32.1 Å². The maximum Gasteiger partial charge on any atom is 0.207 e. The Morgan fingerprint density at radius 3 is 2.35 bits per heavy atom. The molecule has 1 N–H and O–H groups in total. The van der Waals surface area contributed by atoms with Crippen molar-refractivity contribution >= 4 is 6.41 Å². The number of carbonyl (C=O) groups is 1. The summed E-state index contributed by atoms with van der Waals surface area (Å²) in [5.41, 5.74) is 0.250. The zero-order chi connectivity index (χ0) is 12.1. The largest absolute Gasteiger partial charge is 0.357 e. The quantitative estimate of drug-likeness (QED) is 0.733. The van der Waals surface area contributed by atoms with E-state index >= 15 is 0 Å². The van der Waals surface area contributed by atoms with E-state index in [0.29, 0.717) is 0 Å². The van der Waals surface area contributed by atoms with Crippen molar-refractivity contribution in [3.8, 4) is 0 Å². The fourth-order valence-corrected chi connectivity index (χ4v) is 3.33. The maximum absolute atomic E-state index is 10.6. The number of nitrogens with zero attached hydrogens (tertiary/aromatic N) is 2. The van der Waals surface area contributed by atoms with Gasteiger partial charge in [-0.25, -0.2) is 0 Å². The number of likely N-dealkylation sites (N-methyl/N-ethyl adjacent to an activating group) is 1. The molecule has 17 heavy (non-hydrogen) atoms. The van der Waals surface area contributed by atoms with Gasteiger partial charge in [-0.15, -0.1) is 0 Å². The van der Waals surface area contributed by atoms with Gasteiger partial charge in [0.1, 0.15) is 0 Å². The second-order valence-corrected chi connectivity index (χ2v) is 5.57. The number of nitrogens with one attached hydrogen (secondary N) is 1. The normalized spacial score (nSPS) is 26.6. The SMILES string of the molecule is CN1CCN(C2(CNC=O)CCCCC2)CC1. The third kappa shape index (κ3) is 2.99. The molecule has 0 atom stereocenters. The Kier molecular flexibility index (Phi) is 4.40. The predicted octanol–water partition coefficient (Wildman–Crippen LogP) is 0.683. The number of hydrogen-bond donors (Lipinski definition) is 1. The fourth-order valence-electron chi connectivity index (χ4n) is 3.33. The van der Waals surface area contributed by atoms with Crippen LogP contribution in [0.1, 0.15) is 32.1 Å². The topological polar surface area (TPSA) is 35.6 Å². The molecular formula is C13H25N3O. The summed E-state index contributed by atoms with van der Waals surface area (Å²) in [7, 11) is 2.19. The molecule has 4 nitrogen and oxygen atoms in total. The van der Waals surface area contributed by atoms with Crippen LogP contribution in [-0.2, 0) is 4.79 Å². The Balaban J connectivity index is 2.00. The first kappa shape index (κ1) is 12.8. The predicted molar refractivity (Wildman–Crippen MR) is 69.0 cm³/mol. The summed E-state index contributed by atoms with van der Waals surface area (Å²) in [6, 6.07) is 0. The minimum atomic E-state index is 0.250. The Bertz CT molecular complexity index is 243. The first-order valence-electron chi connectivity index (χ1n) is 6.87. The minimum absolute atomic E-state index is 0.250. The molecule has 2 fully saturated rings. The average Bonchev–Trinajstić information content (AvgIpc) is 2.38. The number of rotatable bonds is 4. The second-order valence-electron chi connectivity index (χ2n) is 5.57. The molecular weight excluding hydrogens is 214 g/mol. The molecule has 1 amide bonds. The highest BCUT2D eigenvalue weighted by atomic mass is 16.1. The summed E-state index contributed by atoms with van der Waals surface area (Å²) in [6.45, 7) is 5.44. The van der Waals surface area contributed by atoms with Gasteiger partial charge >= 0.3 is 0 Å². The minimum Gasteiger partial charge on any atom is -0.357 e. The van der Waals surface area contributed by atoms with Crippen LogP contribution < -0.4 is 5.32 Å². The van der Waals surface area contributed by atoms with E-state index in [1.54, 1.807) is 0 Å². The molecule has 2 aliphatic rings. The van der Waals surface area contributed by atoms with Gasteiger partial charge in [0.15, 0.2) is 0 Å². The van der Waals surface area contributed by atoms with E-state index < -0.39 is 0 Å². The number of amides is 1. The molecule has 0 aromatic heterocycles. The lowest BCUT2D eigenvalue weighted by atomic mass is 9.79. The van der Waals surface area contributed by atoms with Crippen LogP contribution in [0, 0.1) is 0 Å². The van der Waals surface area contributed by atoms with Crippen LogP contribution in [0.3, 0.4) is 0 Å². The van der Waals surface area contributed by atoms with Gasteiger partial charge in [0, 0.05) is 38.3 Å². The zero-order valence-corrected chi connectivity index (χ0v) is 11.0. The Hall–Kier alpha value is -0.610. The van der Waals surface area contributed by atoms with Gasteiger partial charge in [0.2, 0.25) is 6.41 Å². The molecule has 0 aromatic rings. The van der Waals surface area contributed by atoms with Crippen molar-refractivity contribution in [2.45, 2.75) is 37.6 Å². The zero-order valence-electron chi connectivity index (χ0n) is 11.0. The number of hydrogen-bond acceptors (Lipinski definition) is 3. The summed E-state index contributed by atoms with van der Waals surface area (Å²) >= 11 is 0. The molecule has 1 aliphatic carbocycles. The molecule has 0 aromatic carbocycles. The van der Waals surface area contributed by atoms with E-state index in [4.69, 9.17) is 0 Å². The van der Waals surface area contributed by atoms with Gasteiger partial charge in [0.25, 0.3) is 0 Å². The van der Waals surface area contributed by atoms with E-state index in [0.717, 1.165) is 39.1 Å². The van der Waals surface area contributed by atoms with E-state index in [9.17, 15) is 4.79 Å². The van der Waals surface area contributed by atoms with Crippen LogP contribution in [0.4, 0.5) is 0 Å². The van der Waals surface area contributed by atoms with Crippen LogP contribution in [0.15, 0.2) is 0 Å². The molecule has 4 heteroatoms. The van der Waals surface area contributed by atoms with Gasteiger partial charge in [-0.3, -0.25) is 9.69 Å². The molecule has 1 heterocycles. The number of piperazine rings is 1. The summed E-state index contributed by atoms with van der Waals surface area (Å²) in [4.78, 5) is 15.6. The van der Waals surface area contributed by atoms with Gasteiger partial charge in [-0.2, -0.15) is 0 Å². The monoisotopic (exact) mass is 239 g/mol. The summed E-state index contributed by atoms with van der Waals surface area (Å²) in [6.07, 6.45) is 7.33. The number of carbonyl (C=O) groups excluding carboxylic acids is 1. The van der Waals surface area contributed by atoms with Gasteiger partial charge in [0.05, 0.1) is 0 Å².